The second kappa shape index (κ2) is 9.98. The first kappa shape index (κ1) is 18.3. The number of methoxy groups -OCH3 is 1. The number of aromatic nitrogens is 1. The second-order valence-electron chi connectivity index (χ2n) is 5.79. The molecule has 1 heterocycles. The number of aliphatic imine (C=N–C) groups is 1. The second-order valence-corrected chi connectivity index (χ2v) is 5.79. The molecule has 0 atom stereocenters. The lowest BCUT2D eigenvalue weighted by Gasteiger charge is -2.11. The van der Waals surface area contributed by atoms with Crippen LogP contribution in [0.3, 0.4) is 0 Å². The molecule has 2 rings (SSSR count). The quantitative estimate of drug-likeness (QED) is 0.376. The van der Waals surface area contributed by atoms with Crippen LogP contribution in [-0.2, 0) is 17.6 Å². The summed E-state index contributed by atoms with van der Waals surface area (Å²) in [6.07, 6.45) is 5.09. The van der Waals surface area contributed by atoms with Crippen molar-refractivity contribution in [1.82, 2.24) is 15.6 Å². The molecule has 0 saturated carbocycles. The lowest BCUT2D eigenvalue weighted by molar-refractivity contribution is 0.197. The molecule has 24 heavy (non-hydrogen) atoms. The lowest BCUT2D eigenvalue weighted by atomic mass is 10.1. The molecule has 132 valence electrons. The summed E-state index contributed by atoms with van der Waals surface area (Å²) in [5, 5.41) is 8.03. The first-order valence-electron chi connectivity index (χ1n) is 8.89. The van der Waals surface area contributed by atoms with E-state index in [4.69, 9.17) is 4.74 Å². The van der Waals surface area contributed by atoms with Gasteiger partial charge in [0.05, 0.1) is 0 Å². The van der Waals surface area contributed by atoms with E-state index in [1.165, 1.54) is 22.0 Å². The van der Waals surface area contributed by atoms with E-state index >= 15 is 0 Å². The van der Waals surface area contributed by atoms with Crippen LogP contribution in [0.4, 0.5) is 0 Å². The molecule has 5 nitrogen and oxygen atoms in total. The molecule has 2 aromatic rings. The van der Waals surface area contributed by atoms with Gasteiger partial charge in [-0.3, -0.25) is 4.99 Å². The SMILES string of the molecule is CCNC(=NCCCOC)NCCc1c[nH]c2c(CC)cccc12. The largest absolute Gasteiger partial charge is 0.385 e. The van der Waals surface area contributed by atoms with Gasteiger partial charge in [0.25, 0.3) is 0 Å². The number of fused-ring (bicyclic) bond motifs is 1. The number of nitrogens with zero attached hydrogens (tertiary/aromatic N) is 1. The third-order valence-electron chi connectivity index (χ3n) is 4.08. The molecule has 0 saturated heterocycles. The zero-order valence-corrected chi connectivity index (χ0v) is 15.1. The molecule has 0 bridgehead atoms. The Morgan fingerprint density at radius 2 is 2.08 bits per heavy atom. The van der Waals surface area contributed by atoms with E-state index in [2.05, 4.69) is 58.9 Å². The van der Waals surface area contributed by atoms with Gasteiger partial charge in [0.15, 0.2) is 5.96 Å². The number of benzene rings is 1. The number of ether oxygens (including phenoxy) is 1. The first-order valence-corrected chi connectivity index (χ1v) is 8.89. The van der Waals surface area contributed by atoms with Gasteiger partial charge < -0.3 is 20.4 Å². The Bertz CT molecular complexity index is 648. The van der Waals surface area contributed by atoms with Crippen LogP contribution in [-0.4, -0.2) is 44.3 Å². The highest BCUT2D eigenvalue weighted by molar-refractivity contribution is 5.86. The average Bonchev–Trinajstić information content (AvgIpc) is 3.02. The molecule has 1 aromatic carbocycles. The van der Waals surface area contributed by atoms with Gasteiger partial charge in [-0.2, -0.15) is 0 Å². The van der Waals surface area contributed by atoms with E-state index in [9.17, 15) is 0 Å². The van der Waals surface area contributed by atoms with E-state index < -0.39 is 0 Å². The number of para-hydroxylation sites is 1. The van der Waals surface area contributed by atoms with Crippen molar-refractivity contribution in [1.29, 1.82) is 0 Å². The molecule has 0 fully saturated rings. The van der Waals surface area contributed by atoms with E-state index in [1.54, 1.807) is 7.11 Å². The molecule has 0 aliphatic carbocycles. The minimum atomic E-state index is 0.748. The van der Waals surface area contributed by atoms with Gasteiger partial charge in [0, 0.05) is 50.5 Å². The van der Waals surface area contributed by atoms with Crippen LogP contribution in [0.2, 0.25) is 0 Å². The standard InChI is InChI=1S/C19H30N4O/c1-4-15-8-6-9-17-16(14-23-18(15)17)10-12-22-19(20-5-2)21-11-7-13-24-3/h6,8-9,14,23H,4-5,7,10-13H2,1-3H3,(H2,20,21,22). The Hall–Kier alpha value is -2.01. The molecule has 0 unspecified atom stereocenters. The van der Waals surface area contributed by atoms with Crippen LogP contribution >= 0.6 is 0 Å². The van der Waals surface area contributed by atoms with Gasteiger partial charge in [-0.1, -0.05) is 25.1 Å². The maximum Gasteiger partial charge on any atom is 0.191 e. The van der Waals surface area contributed by atoms with Crippen LogP contribution in [0.15, 0.2) is 29.4 Å². The minimum absolute atomic E-state index is 0.748. The highest BCUT2D eigenvalue weighted by atomic mass is 16.5. The summed E-state index contributed by atoms with van der Waals surface area (Å²) in [4.78, 5) is 8.00. The van der Waals surface area contributed by atoms with Crippen LogP contribution in [0.1, 0.15) is 31.4 Å². The lowest BCUT2D eigenvalue weighted by Crippen LogP contribution is -2.38. The molecule has 0 radical (unpaired) electrons. The van der Waals surface area contributed by atoms with Crippen molar-refractivity contribution in [3.05, 3.63) is 35.5 Å². The van der Waals surface area contributed by atoms with Crippen LogP contribution < -0.4 is 10.6 Å². The number of nitrogens with one attached hydrogen (secondary N) is 3. The number of H-pyrrole nitrogens is 1. The van der Waals surface area contributed by atoms with E-state index in [0.717, 1.165) is 51.5 Å². The van der Waals surface area contributed by atoms with E-state index in [0.29, 0.717) is 0 Å². The monoisotopic (exact) mass is 330 g/mol. The number of rotatable bonds is 9. The summed E-state index contributed by atoms with van der Waals surface area (Å²) >= 11 is 0. The number of hydrogen-bond acceptors (Lipinski definition) is 2. The fourth-order valence-corrected chi connectivity index (χ4v) is 2.83. The fourth-order valence-electron chi connectivity index (χ4n) is 2.83. The summed E-state index contributed by atoms with van der Waals surface area (Å²) < 4.78 is 5.06. The van der Waals surface area contributed by atoms with E-state index in [-0.39, 0.29) is 0 Å². The smallest absolute Gasteiger partial charge is 0.191 e. The van der Waals surface area contributed by atoms with Crippen molar-refractivity contribution >= 4 is 16.9 Å². The van der Waals surface area contributed by atoms with Crippen molar-refractivity contribution in [2.45, 2.75) is 33.1 Å². The average molecular weight is 330 g/mol. The van der Waals surface area contributed by atoms with Crippen LogP contribution in [0.25, 0.3) is 10.9 Å². The Morgan fingerprint density at radius 1 is 1.21 bits per heavy atom. The van der Waals surface area contributed by atoms with Gasteiger partial charge in [0.2, 0.25) is 0 Å². The molecule has 0 spiro atoms. The maximum atomic E-state index is 5.06. The number of hydrogen-bond donors (Lipinski definition) is 3. The highest BCUT2D eigenvalue weighted by Gasteiger charge is 2.06. The van der Waals surface area contributed by atoms with Crippen molar-refractivity contribution < 1.29 is 4.74 Å². The third kappa shape index (κ3) is 4.99. The molecule has 0 aliphatic rings. The van der Waals surface area contributed by atoms with Crippen molar-refractivity contribution in [3.8, 4) is 0 Å². The molecular weight excluding hydrogens is 300 g/mol. The zero-order chi connectivity index (χ0) is 17.2. The van der Waals surface area contributed by atoms with Gasteiger partial charge >= 0.3 is 0 Å². The predicted octanol–water partition coefficient (Wildman–Crippen LogP) is 2.86. The van der Waals surface area contributed by atoms with Gasteiger partial charge in [-0.05, 0) is 37.3 Å². The zero-order valence-electron chi connectivity index (χ0n) is 15.1. The van der Waals surface area contributed by atoms with Crippen LogP contribution in [0, 0.1) is 0 Å². The number of aromatic amines is 1. The normalized spacial score (nSPS) is 11.9. The fraction of sp³-hybridized carbons (Fsp3) is 0.526. The maximum absolute atomic E-state index is 5.06. The van der Waals surface area contributed by atoms with Crippen molar-refractivity contribution in [2.24, 2.45) is 4.99 Å². The molecule has 1 aromatic heterocycles. The molecular formula is C19H30N4O. The van der Waals surface area contributed by atoms with Gasteiger partial charge in [0.1, 0.15) is 0 Å². The minimum Gasteiger partial charge on any atom is -0.385 e. The van der Waals surface area contributed by atoms with Gasteiger partial charge in [-0.25, -0.2) is 0 Å². The van der Waals surface area contributed by atoms with Gasteiger partial charge in [-0.15, -0.1) is 0 Å². The first-order chi connectivity index (χ1) is 11.8. The molecule has 0 amide bonds. The van der Waals surface area contributed by atoms with Crippen molar-refractivity contribution in [3.63, 3.8) is 0 Å². The summed E-state index contributed by atoms with van der Waals surface area (Å²) in [5.41, 5.74) is 4.00. The summed E-state index contributed by atoms with van der Waals surface area (Å²) in [7, 11) is 1.72. The molecule has 0 aliphatic heterocycles. The van der Waals surface area contributed by atoms with E-state index in [1.807, 2.05) is 0 Å². The molecule has 5 heteroatoms. The van der Waals surface area contributed by atoms with Crippen LogP contribution in [0.5, 0.6) is 0 Å². The van der Waals surface area contributed by atoms with Crippen molar-refractivity contribution in [2.75, 3.05) is 33.4 Å². The third-order valence-corrected chi connectivity index (χ3v) is 4.08. The number of guanidine groups is 1. The Morgan fingerprint density at radius 3 is 2.83 bits per heavy atom. The Labute approximate surface area is 144 Å². The Balaban J connectivity index is 1.92. The molecule has 3 N–H and O–H groups in total. The highest BCUT2D eigenvalue weighted by Crippen LogP contribution is 2.22. The summed E-state index contributed by atoms with van der Waals surface area (Å²) in [6, 6.07) is 6.54. The summed E-state index contributed by atoms with van der Waals surface area (Å²) in [5.74, 6) is 0.877. The number of aryl methyl sites for hydroxylation is 1. The Kier molecular flexibility index (Phi) is 7.62. The predicted molar refractivity (Wildman–Crippen MR) is 102 cm³/mol. The topological polar surface area (TPSA) is 61.4 Å². The summed E-state index contributed by atoms with van der Waals surface area (Å²) in [6.45, 7) is 7.52.